The Morgan fingerprint density at radius 1 is 1.00 bits per heavy atom. The fourth-order valence-corrected chi connectivity index (χ4v) is 2.14. The summed E-state index contributed by atoms with van der Waals surface area (Å²) in [6.07, 6.45) is 1.72. The molecule has 3 nitrogen and oxygen atoms in total. The number of hydrogen-bond acceptors (Lipinski definition) is 2. The van der Waals surface area contributed by atoms with Crippen LogP contribution in [0.2, 0.25) is 5.02 Å². The Labute approximate surface area is 146 Å². The molecular weight excluding hydrogens is 322 g/mol. The number of halogens is 1. The standard InChI is InChI=1S/C20H18ClNO2/c1-13(2)19(23)22-20(24)18(16-8-4-14(3)5-9-16)12-15-6-10-17(21)11-7-15/h4-12H,1H2,2-3H3,(H,22,23,24)/b18-12+. The first-order chi connectivity index (χ1) is 11.4. The zero-order valence-corrected chi connectivity index (χ0v) is 14.4. The van der Waals surface area contributed by atoms with Gasteiger partial charge in [0.1, 0.15) is 0 Å². The van der Waals surface area contributed by atoms with Crippen LogP contribution >= 0.6 is 11.6 Å². The van der Waals surface area contributed by atoms with Gasteiger partial charge < -0.3 is 0 Å². The van der Waals surface area contributed by atoms with Crippen LogP contribution < -0.4 is 5.32 Å². The van der Waals surface area contributed by atoms with Gasteiger partial charge in [-0.3, -0.25) is 14.9 Å². The van der Waals surface area contributed by atoms with E-state index < -0.39 is 11.8 Å². The van der Waals surface area contributed by atoms with Gasteiger partial charge in [0, 0.05) is 16.2 Å². The summed E-state index contributed by atoms with van der Waals surface area (Å²) in [6, 6.07) is 14.6. The molecule has 2 aromatic rings. The molecule has 2 amide bonds. The van der Waals surface area contributed by atoms with E-state index in [0.717, 1.165) is 16.7 Å². The number of hydrogen-bond donors (Lipinski definition) is 1. The molecule has 0 atom stereocenters. The molecule has 0 heterocycles. The Bertz CT molecular complexity index is 803. The number of nitrogens with one attached hydrogen (secondary N) is 1. The molecule has 0 aliphatic rings. The monoisotopic (exact) mass is 339 g/mol. The van der Waals surface area contributed by atoms with Crippen LogP contribution in [0.3, 0.4) is 0 Å². The van der Waals surface area contributed by atoms with Gasteiger partial charge in [0.15, 0.2) is 0 Å². The van der Waals surface area contributed by atoms with Crippen molar-refractivity contribution in [1.29, 1.82) is 0 Å². The van der Waals surface area contributed by atoms with Gasteiger partial charge in [-0.2, -0.15) is 0 Å². The van der Waals surface area contributed by atoms with E-state index in [0.29, 0.717) is 10.6 Å². The molecule has 2 aromatic carbocycles. The number of imide groups is 1. The quantitative estimate of drug-likeness (QED) is 0.662. The van der Waals surface area contributed by atoms with E-state index in [1.807, 2.05) is 43.3 Å². The Hall–Kier alpha value is -2.65. The van der Waals surface area contributed by atoms with E-state index >= 15 is 0 Å². The van der Waals surface area contributed by atoms with E-state index in [1.165, 1.54) is 0 Å². The summed E-state index contributed by atoms with van der Waals surface area (Å²) in [7, 11) is 0. The van der Waals surface area contributed by atoms with Crippen molar-refractivity contribution in [1.82, 2.24) is 5.32 Å². The van der Waals surface area contributed by atoms with Crippen molar-refractivity contribution in [3.63, 3.8) is 0 Å². The van der Waals surface area contributed by atoms with E-state index in [-0.39, 0.29) is 5.57 Å². The maximum atomic E-state index is 12.5. The molecule has 0 bridgehead atoms. The summed E-state index contributed by atoms with van der Waals surface area (Å²) in [5.74, 6) is -0.962. The number of rotatable bonds is 4. The Kier molecular flexibility index (Phi) is 5.72. The third kappa shape index (κ3) is 4.67. The molecule has 0 spiro atoms. The average Bonchev–Trinajstić information content (AvgIpc) is 2.55. The Morgan fingerprint density at radius 3 is 2.12 bits per heavy atom. The molecule has 1 N–H and O–H groups in total. The number of carbonyl (C=O) groups is 2. The van der Waals surface area contributed by atoms with Gasteiger partial charge in [-0.1, -0.05) is 60.1 Å². The second-order valence-electron chi connectivity index (χ2n) is 5.54. The second kappa shape index (κ2) is 7.75. The SMILES string of the molecule is C=C(C)C(=O)NC(=O)/C(=C/c1ccc(Cl)cc1)c1ccc(C)cc1. The predicted molar refractivity (Wildman–Crippen MR) is 98.5 cm³/mol. The normalized spacial score (nSPS) is 11.0. The zero-order valence-electron chi connectivity index (χ0n) is 13.6. The molecule has 0 radical (unpaired) electrons. The minimum Gasteiger partial charge on any atom is -0.288 e. The van der Waals surface area contributed by atoms with E-state index in [9.17, 15) is 9.59 Å². The highest BCUT2D eigenvalue weighted by Gasteiger charge is 2.15. The average molecular weight is 340 g/mol. The molecule has 0 aromatic heterocycles. The largest absolute Gasteiger partial charge is 0.288 e. The highest BCUT2D eigenvalue weighted by Crippen LogP contribution is 2.20. The molecule has 0 unspecified atom stereocenters. The van der Waals surface area contributed by atoms with Crippen LogP contribution in [-0.2, 0) is 9.59 Å². The molecular formula is C20H18ClNO2. The summed E-state index contributed by atoms with van der Waals surface area (Å²) in [6.45, 7) is 7.07. The van der Waals surface area contributed by atoms with Gasteiger partial charge in [0.25, 0.3) is 11.8 Å². The fraction of sp³-hybridized carbons (Fsp3) is 0.100. The summed E-state index contributed by atoms with van der Waals surface area (Å²) >= 11 is 5.89. The minimum absolute atomic E-state index is 0.276. The zero-order chi connectivity index (χ0) is 17.7. The molecule has 0 aliphatic heterocycles. The van der Waals surface area contributed by atoms with Crippen molar-refractivity contribution in [3.05, 3.63) is 82.4 Å². The number of carbonyl (C=O) groups excluding carboxylic acids is 2. The van der Waals surface area contributed by atoms with E-state index in [4.69, 9.17) is 11.6 Å². The van der Waals surface area contributed by atoms with Crippen LogP contribution in [0.15, 0.2) is 60.7 Å². The first kappa shape index (κ1) is 17.7. The third-order valence-electron chi connectivity index (χ3n) is 3.40. The summed E-state index contributed by atoms with van der Waals surface area (Å²) in [5.41, 5.74) is 3.29. The van der Waals surface area contributed by atoms with Crippen molar-refractivity contribution >= 4 is 35.1 Å². The maximum absolute atomic E-state index is 12.5. The lowest BCUT2D eigenvalue weighted by molar-refractivity contribution is -0.125. The molecule has 0 aliphatic carbocycles. The Balaban J connectivity index is 2.42. The first-order valence-corrected chi connectivity index (χ1v) is 7.80. The van der Waals surface area contributed by atoms with Crippen LogP contribution in [0, 0.1) is 6.92 Å². The van der Waals surface area contributed by atoms with Crippen molar-refractivity contribution in [2.75, 3.05) is 0 Å². The van der Waals surface area contributed by atoms with Gasteiger partial charge in [-0.25, -0.2) is 0 Å². The lowest BCUT2D eigenvalue weighted by Crippen LogP contribution is -2.31. The van der Waals surface area contributed by atoms with Gasteiger partial charge in [-0.05, 0) is 43.2 Å². The predicted octanol–water partition coefficient (Wildman–Crippen LogP) is 4.41. The van der Waals surface area contributed by atoms with Gasteiger partial charge in [0.05, 0.1) is 0 Å². The highest BCUT2D eigenvalue weighted by atomic mass is 35.5. The molecule has 24 heavy (non-hydrogen) atoms. The summed E-state index contributed by atoms with van der Waals surface area (Å²) in [4.78, 5) is 24.3. The lowest BCUT2D eigenvalue weighted by Gasteiger charge is -2.09. The van der Waals surface area contributed by atoms with Crippen LogP contribution in [0.1, 0.15) is 23.6 Å². The number of benzene rings is 2. The van der Waals surface area contributed by atoms with Crippen molar-refractivity contribution < 1.29 is 9.59 Å². The Morgan fingerprint density at radius 2 is 1.58 bits per heavy atom. The maximum Gasteiger partial charge on any atom is 0.258 e. The summed E-state index contributed by atoms with van der Waals surface area (Å²) in [5, 5.41) is 2.97. The molecule has 0 saturated heterocycles. The van der Waals surface area contributed by atoms with Crippen LogP contribution in [0.5, 0.6) is 0 Å². The molecule has 4 heteroatoms. The van der Waals surface area contributed by atoms with Crippen molar-refractivity contribution in [2.45, 2.75) is 13.8 Å². The van der Waals surface area contributed by atoms with Crippen LogP contribution in [0.25, 0.3) is 11.6 Å². The van der Waals surface area contributed by atoms with Crippen LogP contribution in [-0.4, -0.2) is 11.8 Å². The second-order valence-corrected chi connectivity index (χ2v) is 5.98. The molecule has 0 saturated carbocycles. The topological polar surface area (TPSA) is 46.2 Å². The van der Waals surface area contributed by atoms with Gasteiger partial charge in [0.2, 0.25) is 0 Å². The van der Waals surface area contributed by atoms with E-state index in [1.54, 1.807) is 25.1 Å². The van der Waals surface area contributed by atoms with E-state index in [2.05, 4.69) is 11.9 Å². The minimum atomic E-state index is -0.492. The summed E-state index contributed by atoms with van der Waals surface area (Å²) < 4.78 is 0. The molecule has 122 valence electrons. The smallest absolute Gasteiger partial charge is 0.258 e. The van der Waals surface area contributed by atoms with Crippen molar-refractivity contribution in [3.8, 4) is 0 Å². The molecule has 0 fully saturated rings. The highest BCUT2D eigenvalue weighted by molar-refractivity contribution is 6.31. The van der Waals surface area contributed by atoms with Gasteiger partial charge in [-0.15, -0.1) is 0 Å². The lowest BCUT2D eigenvalue weighted by atomic mass is 10.0. The molecule has 2 rings (SSSR count). The third-order valence-corrected chi connectivity index (χ3v) is 3.65. The number of aryl methyl sites for hydroxylation is 1. The fourth-order valence-electron chi connectivity index (χ4n) is 2.02. The number of amides is 2. The van der Waals surface area contributed by atoms with Crippen LogP contribution in [0.4, 0.5) is 0 Å². The first-order valence-electron chi connectivity index (χ1n) is 7.42. The van der Waals surface area contributed by atoms with Crippen molar-refractivity contribution in [2.24, 2.45) is 0 Å². The van der Waals surface area contributed by atoms with Gasteiger partial charge >= 0.3 is 0 Å².